The maximum Gasteiger partial charge on any atom is 0.229 e. The third kappa shape index (κ3) is 3.40. The van der Waals surface area contributed by atoms with Gasteiger partial charge >= 0.3 is 0 Å². The molecule has 0 bridgehead atoms. The average molecular weight is 498 g/mol. The van der Waals surface area contributed by atoms with Crippen LogP contribution < -0.4 is 10.6 Å². The second-order valence-corrected chi connectivity index (χ2v) is 7.97. The number of aromatic amines is 1. The van der Waals surface area contributed by atoms with Gasteiger partial charge in [0.1, 0.15) is 0 Å². The van der Waals surface area contributed by atoms with Crippen molar-refractivity contribution in [1.82, 2.24) is 20.2 Å². The van der Waals surface area contributed by atoms with Crippen molar-refractivity contribution < 1.29 is 0 Å². The van der Waals surface area contributed by atoms with E-state index in [9.17, 15) is 0 Å². The van der Waals surface area contributed by atoms with Crippen molar-refractivity contribution in [2.75, 3.05) is 10.6 Å². The Bertz CT molecular complexity index is 1280. The molecular weight excluding hydrogens is 483 g/mol. The molecule has 28 heavy (non-hydrogen) atoms. The third-order valence-electron chi connectivity index (χ3n) is 4.34. The summed E-state index contributed by atoms with van der Waals surface area (Å²) in [5.41, 5.74) is 5.12. The smallest absolute Gasteiger partial charge is 0.229 e. The Kier molecular flexibility index (Phi) is 4.57. The fourth-order valence-electron chi connectivity index (χ4n) is 3.02. The van der Waals surface area contributed by atoms with Gasteiger partial charge in [0.15, 0.2) is 5.82 Å². The molecule has 0 aliphatic heterocycles. The van der Waals surface area contributed by atoms with Crippen molar-refractivity contribution in [1.29, 1.82) is 0 Å². The lowest BCUT2D eigenvalue weighted by molar-refractivity contribution is 1.12. The largest absolute Gasteiger partial charge is 0.339 e. The maximum atomic E-state index is 4.74. The number of aromatic nitrogens is 4. The van der Waals surface area contributed by atoms with Crippen LogP contribution in [0.25, 0.3) is 21.1 Å². The second-order valence-electron chi connectivity index (χ2n) is 6.29. The fourth-order valence-corrected chi connectivity index (χ4v) is 4.27. The Morgan fingerprint density at radius 3 is 2.86 bits per heavy atom. The molecule has 0 unspecified atom stereocenters. The fraction of sp³-hybridized carbons (Fsp3) is 0.0500. The van der Waals surface area contributed by atoms with Crippen molar-refractivity contribution in [3.05, 3.63) is 65.7 Å². The molecule has 5 rings (SSSR count). The summed E-state index contributed by atoms with van der Waals surface area (Å²) in [4.78, 5) is 9.40. The van der Waals surface area contributed by atoms with Gasteiger partial charge in [-0.05, 0) is 47.3 Å². The molecule has 6 nitrogen and oxygen atoms in total. The van der Waals surface area contributed by atoms with Crippen LogP contribution in [-0.4, -0.2) is 20.2 Å². The van der Waals surface area contributed by atoms with Crippen LogP contribution in [0.2, 0.25) is 0 Å². The van der Waals surface area contributed by atoms with Gasteiger partial charge in [0.05, 0.1) is 21.9 Å². The van der Waals surface area contributed by atoms with Gasteiger partial charge in [0, 0.05) is 21.2 Å². The maximum absolute atomic E-state index is 4.74. The quantitative estimate of drug-likeness (QED) is 0.205. The molecule has 5 aromatic rings. The normalized spacial score (nSPS) is 11.2. The van der Waals surface area contributed by atoms with Crippen molar-refractivity contribution in [3.63, 3.8) is 0 Å². The number of thiophene rings is 1. The zero-order chi connectivity index (χ0) is 18.9. The number of nitrogens with one attached hydrogen (secondary N) is 3. The molecule has 0 amide bonds. The number of benzene rings is 2. The SMILES string of the molecule is ICc1cccc(Nc2nc(Nc3ccc4[nH]ncc4c3)c3sccc3n2)c1. The summed E-state index contributed by atoms with van der Waals surface area (Å²) in [5, 5.41) is 16.9. The van der Waals surface area contributed by atoms with E-state index in [1.807, 2.05) is 41.9 Å². The summed E-state index contributed by atoms with van der Waals surface area (Å²) in [7, 11) is 0. The molecule has 138 valence electrons. The van der Waals surface area contributed by atoms with E-state index in [4.69, 9.17) is 4.98 Å². The third-order valence-corrected chi connectivity index (χ3v) is 6.14. The molecule has 0 atom stereocenters. The van der Waals surface area contributed by atoms with Crippen LogP contribution in [0.15, 0.2) is 60.1 Å². The second kappa shape index (κ2) is 7.36. The molecule has 3 aromatic heterocycles. The molecule has 0 saturated carbocycles. The number of hydrogen-bond acceptors (Lipinski definition) is 6. The lowest BCUT2D eigenvalue weighted by Gasteiger charge is -2.11. The van der Waals surface area contributed by atoms with Crippen LogP contribution in [0.1, 0.15) is 5.56 Å². The summed E-state index contributed by atoms with van der Waals surface area (Å²) >= 11 is 3.99. The van der Waals surface area contributed by atoms with Crippen LogP contribution in [-0.2, 0) is 4.43 Å². The van der Waals surface area contributed by atoms with E-state index >= 15 is 0 Å². The van der Waals surface area contributed by atoms with Gasteiger partial charge in [-0.15, -0.1) is 11.3 Å². The minimum atomic E-state index is 0.573. The molecular formula is C20H15IN6S. The van der Waals surface area contributed by atoms with Crippen LogP contribution >= 0.6 is 33.9 Å². The predicted molar refractivity (Wildman–Crippen MR) is 124 cm³/mol. The Balaban J connectivity index is 1.51. The predicted octanol–water partition coefficient (Wildman–Crippen LogP) is 5.99. The van der Waals surface area contributed by atoms with Crippen LogP contribution in [0, 0.1) is 0 Å². The first-order valence-corrected chi connectivity index (χ1v) is 11.1. The van der Waals surface area contributed by atoms with Gasteiger partial charge in [-0.25, -0.2) is 4.98 Å². The number of alkyl halides is 1. The minimum absolute atomic E-state index is 0.573. The van der Waals surface area contributed by atoms with E-state index in [-0.39, 0.29) is 0 Å². The average Bonchev–Trinajstić information content (AvgIpc) is 3.37. The van der Waals surface area contributed by atoms with Crippen molar-refractivity contribution >= 4 is 78.2 Å². The van der Waals surface area contributed by atoms with Crippen LogP contribution in [0.4, 0.5) is 23.1 Å². The summed E-state index contributed by atoms with van der Waals surface area (Å²) < 4.78 is 1.99. The van der Waals surface area contributed by atoms with Crippen molar-refractivity contribution in [2.45, 2.75) is 4.43 Å². The van der Waals surface area contributed by atoms with Gasteiger partial charge in [0.25, 0.3) is 0 Å². The minimum Gasteiger partial charge on any atom is -0.339 e. The Morgan fingerprint density at radius 2 is 1.93 bits per heavy atom. The van der Waals surface area contributed by atoms with E-state index in [2.05, 4.69) is 66.6 Å². The van der Waals surface area contributed by atoms with E-state index in [0.29, 0.717) is 5.95 Å². The number of nitrogens with zero attached hydrogens (tertiary/aromatic N) is 3. The lowest BCUT2D eigenvalue weighted by atomic mass is 10.2. The highest BCUT2D eigenvalue weighted by molar-refractivity contribution is 14.1. The zero-order valence-electron chi connectivity index (χ0n) is 14.6. The summed E-state index contributed by atoms with van der Waals surface area (Å²) in [5.74, 6) is 1.36. The molecule has 3 N–H and O–H groups in total. The highest BCUT2D eigenvalue weighted by atomic mass is 127. The van der Waals surface area contributed by atoms with Gasteiger partial charge in [0.2, 0.25) is 5.95 Å². The number of rotatable bonds is 5. The van der Waals surface area contributed by atoms with Crippen molar-refractivity contribution in [3.8, 4) is 0 Å². The molecule has 0 fully saturated rings. The number of halogens is 1. The number of anilines is 4. The highest BCUT2D eigenvalue weighted by Crippen LogP contribution is 2.31. The molecule has 0 aliphatic carbocycles. The molecule has 0 spiro atoms. The Hall–Kier alpha value is -2.72. The first-order chi connectivity index (χ1) is 13.8. The van der Waals surface area contributed by atoms with E-state index in [0.717, 1.165) is 42.7 Å². The van der Waals surface area contributed by atoms with Crippen molar-refractivity contribution in [2.24, 2.45) is 0 Å². The zero-order valence-corrected chi connectivity index (χ0v) is 17.6. The number of hydrogen-bond donors (Lipinski definition) is 3. The standard InChI is InChI=1S/C20H15IN6S/c21-10-12-2-1-3-14(8-12)24-20-25-17-6-7-28-18(17)19(26-20)23-15-4-5-16-13(9-15)11-22-27-16/h1-9,11H,10H2,(H,22,27)(H2,23,24,25,26). The van der Waals surface area contributed by atoms with E-state index in [1.165, 1.54) is 5.56 Å². The van der Waals surface area contributed by atoms with E-state index < -0.39 is 0 Å². The lowest BCUT2D eigenvalue weighted by Crippen LogP contribution is -2.01. The van der Waals surface area contributed by atoms with Gasteiger partial charge < -0.3 is 10.6 Å². The van der Waals surface area contributed by atoms with Gasteiger partial charge in [-0.3, -0.25) is 5.10 Å². The van der Waals surface area contributed by atoms with Gasteiger partial charge in [-0.1, -0.05) is 34.7 Å². The van der Waals surface area contributed by atoms with Gasteiger partial charge in [-0.2, -0.15) is 10.1 Å². The molecule has 3 heterocycles. The molecule has 0 saturated heterocycles. The highest BCUT2D eigenvalue weighted by Gasteiger charge is 2.11. The number of fused-ring (bicyclic) bond motifs is 2. The Labute approximate surface area is 178 Å². The topological polar surface area (TPSA) is 78.5 Å². The molecule has 0 aliphatic rings. The van der Waals surface area contributed by atoms with Crippen LogP contribution in [0.3, 0.4) is 0 Å². The number of H-pyrrole nitrogens is 1. The first-order valence-electron chi connectivity index (χ1n) is 8.66. The molecule has 0 radical (unpaired) electrons. The first kappa shape index (κ1) is 17.4. The summed E-state index contributed by atoms with van der Waals surface area (Å²) in [6.07, 6.45) is 1.81. The monoisotopic (exact) mass is 498 g/mol. The van der Waals surface area contributed by atoms with Crippen LogP contribution in [0.5, 0.6) is 0 Å². The summed E-state index contributed by atoms with van der Waals surface area (Å²) in [6.45, 7) is 0. The molecule has 2 aromatic carbocycles. The Morgan fingerprint density at radius 1 is 1.00 bits per heavy atom. The molecule has 8 heteroatoms. The summed E-state index contributed by atoms with van der Waals surface area (Å²) in [6, 6.07) is 16.4. The van der Waals surface area contributed by atoms with E-state index in [1.54, 1.807) is 11.3 Å².